The summed E-state index contributed by atoms with van der Waals surface area (Å²) in [6.45, 7) is 4.44. The van der Waals surface area contributed by atoms with Gasteiger partial charge < -0.3 is 14.8 Å². The average molecular weight is 638 g/mol. The molecule has 8 heteroatoms. The predicted molar refractivity (Wildman–Crippen MR) is 176 cm³/mol. The number of cyclic esters (lactones) is 4. The maximum Gasteiger partial charge on any atom is 0.321 e. The van der Waals surface area contributed by atoms with Crippen LogP contribution >= 0.6 is 0 Å². The number of carbonyl (C=O) groups is 5. The highest BCUT2D eigenvalue weighted by Gasteiger charge is 2.65. The highest BCUT2D eigenvalue weighted by atomic mass is 16.6. The average Bonchev–Trinajstić information content (AvgIpc) is 3.54. The molecule has 1 aromatic carbocycles. The molecule has 1 aliphatic carbocycles. The van der Waals surface area contributed by atoms with Crippen LogP contribution in [0.25, 0.3) is 0 Å². The molecule has 5 atom stereocenters. The van der Waals surface area contributed by atoms with E-state index >= 15 is 0 Å². The number of nitrogens with one attached hydrogen (secondary N) is 1. The van der Waals surface area contributed by atoms with Crippen LogP contribution in [0.15, 0.2) is 24.3 Å². The molecule has 8 nitrogen and oxygen atoms in total. The minimum atomic E-state index is -1.23. The zero-order chi connectivity index (χ0) is 32.9. The second kappa shape index (κ2) is 17.8. The van der Waals surface area contributed by atoms with Gasteiger partial charge >= 0.3 is 23.9 Å². The number of fused-ring (bicyclic) bond motifs is 3. The van der Waals surface area contributed by atoms with Crippen molar-refractivity contribution in [2.75, 3.05) is 6.54 Å². The van der Waals surface area contributed by atoms with Gasteiger partial charge in [0.15, 0.2) is 0 Å². The number of ether oxygens (including phenoxy) is 2. The van der Waals surface area contributed by atoms with E-state index in [0.717, 1.165) is 19.3 Å². The molecule has 2 fully saturated rings. The number of hydrogen-bond acceptors (Lipinski definition) is 7. The molecule has 1 amide bonds. The lowest BCUT2D eigenvalue weighted by Crippen LogP contribution is -2.56. The Labute approximate surface area is 275 Å². The number of rotatable bonds is 21. The Morgan fingerprint density at radius 2 is 1.24 bits per heavy atom. The van der Waals surface area contributed by atoms with Crippen LogP contribution in [0.4, 0.5) is 0 Å². The summed E-state index contributed by atoms with van der Waals surface area (Å²) in [5.74, 6) is -7.23. The molecular weight excluding hydrogens is 582 g/mol. The van der Waals surface area contributed by atoms with Crippen molar-refractivity contribution in [1.82, 2.24) is 5.32 Å². The van der Waals surface area contributed by atoms with E-state index in [-0.39, 0.29) is 6.42 Å². The molecule has 0 aromatic heterocycles. The summed E-state index contributed by atoms with van der Waals surface area (Å²) in [5, 5.41) is 3.00. The lowest BCUT2D eigenvalue weighted by Gasteiger charge is -2.47. The van der Waals surface area contributed by atoms with Crippen molar-refractivity contribution in [2.24, 2.45) is 17.8 Å². The van der Waals surface area contributed by atoms with Crippen LogP contribution in [0.5, 0.6) is 0 Å². The Balaban J connectivity index is 1.18. The number of benzene rings is 1. The van der Waals surface area contributed by atoms with Gasteiger partial charge in [0.05, 0.1) is 30.1 Å². The van der Waals surface area contributed by atoms with E-state index in [1.54, 1.807) is 31.2 Å². The van der Waals surface area contributed by atoms with Crippen molar-refractivity contribution >= 4 is 29.8 Å². The van der Waals surface area contributed by atoms with Gasteiger partial charge in [-0.05, 0) is 17.5 Å². The fourth-order valence-electron chi connectivity index (χ4n) is 8.08. The number of carbonyl (C=O) groups excluding carboxylic acids is 5. The highest BCUT2D eigenvalue weighted by molar-refractivity contribution is 6.04. The summed E-state index contributed by atoms with van der Waals surface area (Å²) >= 11 is 0. The molecule has 46 heavy (non-hydrogen) atoms. The number of hydrogen-bond donors (Lipinski definition) is 1. The predicted octanol–water partition coefficient (Wildman–Crippen LogP) is 7.60. The fraction of sp³-hybridized carbons (Fsp3) is 0.711. The first-order valence-electron chi connectivity index (χ1n) is 18.2. The van der Waals surface area contributed by atoms with E-state index in [1.165, 1.54) is 96.3 Å². The first kappa shape index (κ1) is 35.8. The fourth-order valence-corrected chi connectivity index (χ4v) is 8.08. The van der Waals surface area contributed by atoms with Crippen LogP contribution in [0.1, 0.15) is 153 Å². The topological polar surface area (TPSA) is 116 Å². The van der Waals surface area contributed by atoms with E-state index in [1.807, 2.05) is 0 Å². The molecule has 2 aliphatic heterocycles. The summed E-state index contributed by atoms with van der Waals surface area (Å²) in [5.41, 5.74) is -0.0683. The standard InChI is InChI=1S/C38H55NO7/c1-3-4-5-6-7-8-9-10-11-12-13-14-15-16-17-18-19-22-25-39-34(41)33-32-31(36(43)46-37(32)44)27-23-20-21-24-28(27)38(33,2)29-26-30(40)45-35(29)42/h20-21,23-24,29,31-33H,3-19,22,25-26H2,1-2H3,(H,39,41). The van der Waals surface area contributed by atoms with E-state index in [0.29, 0.717) is 17.7 Å². The Hall–Kier alpha value is -3.03. The van der Waals surface area contributed by atoms with Crippen molar-refractivity contribution in [1.29, 1.82) is 0 Å². The van der Waals surface area contributed by atoms with E-state index in [9.17, 15) is 24.0 Å². The third-order valence-electron chi connectivity index (χ3n) is 10.7. The molecule has 5 unspecified atom stereocenters. The van der Waals surface area contributed by atoms with Crippen molar-refractivity contribution in [2.45, 2.75) is 147 Å². The van der Waals surface area contributed by atoms with Crippen LogP contribution in [0.2, 0.25) is 0 Å². The smallest absolute Gasteiger partial charge is 0.321 e. The minimum absolute atomic E-state index is 0.187. The maximum atomic E-state index is 13.9. The molecule has 0 radical (unpaired) electrons. The normalized spacial score (nSPS) is 25.3. The third-order valence-corrected chi connectivity index (χ3v) is 10.7. The van der Waals surface area contributed by atoms with Crippen LogP contribution in [-0.2, 0) is 38.9 Å². The molecule has 1 N–H and O–H groups in total. The second-order valence-corrected chi connectivity index (χ2v) is 13.9. The molecule has 0 saturated carbocycles. The van der Waals surface area contributed by atoms with Gasteiger partial charge in [0.25, 0.3) is 0 Å². The lowest BCUT2D eigenvalue weighted by molar-refractivity contribution is -0.158. The quantitative estimate of drug-likeness (QED) is 0.0838. The van der Waals surface area contributed by atoms with E-state index in [2.05, 4.69) is 12.2 Å². The lowest BCUT2D eigenvalue weighted by atomic mass is 9.52. The summed E-state index contributed by atoms with van der Waals surface area (Å²) < 4.78 is 9.96. The molecule has 2 heterocycles. The second-order valence-electron chi connectivity index (χ2n) is 13.9. The Kier molecular flexibility index (Phi) is 13.8. The Bertz CT molecular complexity index is 1210. The first-order valence-corrected chi connectivity index (χ1v) is 18.2. The van der Waals surface area contributed by atoms with Crippen LogP contribution in [-0.4, -0.2) is 36.3 Å². The molecule has 0 spiro atoms. The Morgan fingerprint density at radius 1 is 0.717 bits per heavy atom. The third kappa shape index (κ3) is 8.65. The molecule has 254 valence electrons. The molecular formula is C38H55NO7. The number of esters is 4. The maximum absolute atomic E-state index is 13.9. The van der Waals surface area contributed by atoms with Gasteiger partial charge in [-0.3, -0.25) is 24.0 Å². The zero-order valence-corrected chi connectivity index (χ0v) is 28.1. The van der Waals surface area contributed by atoms with Gasteiger partial charge in [0, 0.05) is 12.0 Å². The summed E-state index contributed by atoms with van der Waals surface area (Å²) in [4.78, 5) is 64.8. The van der Waals surface area contributed by atoms with E-state index < -0.39 is 58.9 Å². The van der Waals surface area contributed by atoms with Crippen LogP contribution < -0.4 is 5.32 Å². The molecule has 1 aromatic rings. The Morgan fingerprint density at radius 3 is 1.76 bits per heavy atom. The summed E-state index contributed by atoms with van der Waals surface area (Å²) in [6.07, 6.45) is 22.8. The zero-order valence-electron chi connectivity index (χ0n) is 28.1. The van der Waals surface area contributed by atoms with Crippen LogP contribution in [0, 0.1) is 17.8 Å². The minimum Gasteiger partial charge on any atom is -0.393 e. The van der Waals surface area contributed by atoms with Crippen molar-refractivity contribution in [3.8, 4) is 0 Å². The van der Waals surface area contributed by atoms with Crippen LogP contribution in [0.3, 0.4) is 0 Å². The number of unbranched alkanes of at least 4 members (excludes halogenated alkanes) is 17. The van der Waals surface area contributed by atoms with E-state index in [4.69, 9.17) is 9.47 Å². The van der Waals surface area contributed by atoms with Crippen molar-refractivity contribution in [3.63, 3.8) is 0 Å². The SMILES string of the molecule is CCCCCCCCCCCCCCCCCCCCNC(=O)C1C2C(=O)OC(=O)C2c2ccccc2C1(C)C1CC(=O)OC1=O. The molecule has 3 aliphatic rings. The van der Waals surface area contributed by atoms with Gasteiger partial charge in [-0.15, -0.1) is 0 Å². The van der Waals surface area contributed by atoms with Gasteiger partial charge in [0.1, 0.15) is 0 Å². The number of amides is 1. The highest BCUT2D eigenvalue weighted by Crippen LogP contribution is 2.57. The van der Waals surface area contributed by atoms with Gasteiger partial charge in [0.2, 0.25) is 5.91 Å². The molecule has 2 saturated heterocycles. The largest absolute Gasteiger partial charge is 0.393 e. The molecule has 4 rings (SSSR count). The molecule has 0 bridgehead atoms. The van der Waals surface area contributed by atoms with Gasteiger partial charge in [-0.2, -0.15) is 0 Å². The van der Waals surface area contributed by atoms with Crippen molar-refractivity contribution in [3.05, 3.63) is 35.4 Å². The van der Waals surface area contributed by atoms with Crippen molar-refractivity contribution < 1.29 is 33.4 Å². The van der Waals surface area contributed by atoms with Gasteiger partial charge in [-0.25, -0.2) is 0 Å². The first-order chi connectivity index (χ1) is 22.3. The van der Waals surface area contributed by atoms with Gasteiger partial charge in [-0.1, -0.05) is 147 Å². The summed E-state index contributed by atoms with van der Waals surface area (Å²) in [6, 6.07) is 7.03. The monoisotopic (exact) mass is 637 g/mol. The summed E-state index contributed by atoms with van der Waals surface area (Å²) in [7, 11) is 0.